The number of aromatic hydroxyl groups is 1. The van der Waals surface area contributed by atoms with Gasteiger partial charge in [0.05, 0.1) is 17.6 Å². The molecule has 0 bridgehead atoms. The lowest BCUT2D eigenvalue weighted by Gasteiger charge is -2.13. The Hall–Kier alpha value is -4.14. The van der Waals surface area contributed by atoms with Gasteiger partial charge in [0.25, 0.3) is 11.5 Å². The van der Waals surface area contributed by atoms with E-state index in [1.165, 1.54) is 8.97 Å². The normalized spacial score (nSPS) is 11.0. The van der Waals surface area contributed by atoms with Gasteiger partial charge >= 0.3 is 5.97 Å². The number of amides is 1. The number of nitrogens with zero attached hydrogens (tertiary/aromatic N) is 3. The van der Waals surface area contributed by atoms with E-state index in [4.69, 9.17) is 5.11 Å². The summed E-state index contributed by atoms with van der Waals surface area (Å²) >= 11 is 0. The molecule has 2 aromatic carbocycles. The first-order valence-electron chi connectivity index (χ1n) is 8.74. The van der Waals surface area contributed by atoms with Crippen LogP contribution in [0.25, 0.3) is 16.8 Å². The number of hydrogen-bond donors (Lipinski definition) is 3. The van der Waals surface area contributed by atoms with Crippen LogP contribution in [0.5, 0.6) is 5.88 Å². The molecule has 4 aromatic rings. The van der Waals surface area contributed by atoms with Crippen molar-refractivity contribution in [3.8, 4) is 5.88 Å². The maximum absolute atomic E-state index is 13.1. The number of imidazole rings is 1. The Labute approximate surface area is 163 Å². The fraction of sp³-hybridized carbons (Fsp3) is 0.100. The fourth-order valence-corrected chi connectivity index (χ4v) is 3.19. The zero-order valence-electron chi connectivity index (χ0n) is 15.1. The van der Waals surface area contributed by atoms with Gasteiger partial charge in [-0.25, -0.2) is 9.38 Å². The first kappa shape index (κ1) is 18.2. The Morgan fingerprint density at radius 2 is 1.72 bits per heavy atom. The van der Waals surface area contributed by atoms with E-state index in [1.54, 1.807) is 24.3 Å². The Morgan fingerprint density at radius 1 is 1.03 bits per heavy atom. The lowest BCUT2D eigenvalue weighted by atomic mass is 10.2. The number of benzene rings is 2. The molecular formula is C20H16N4O5. The van der Waals surface area contributed by atoms with Gasteiger partial charge in [0.1, 0.15) is 6.54 Å². The highest BCUT2D eigenvalue weighted by molar-refractivity contribution is 5.98. The number of nitrogens with one attached hydrogen (secondary N) is 1. The third-order valence-electron chi connectivity index (χ3n) is 4.49. The van der Waals surface area contributed by atoms with E-state index in [0.29, 0.717) is 11.0 Å². The molecule has 29 heavy (non-hydrogen) atoms. The summed E-state index contributed by atoms with van der Waals surface area (Å²) in [6.07, 6.45) is 0. The van der Waals surface area contributed by atoms with Crippen molar-refractivity contribution in [3.63, 3.8) is 0 Å². The van der Waals surface area contributed by atoms with Crippen LogP contribution in [-0.2, 0) is 11.3 Å². The Morgan fingerprint density at radius 3 is 2.45 bits per heavy atom. The van der Waals surface area contributed by atoms with E-state index in [-0.39, 0.29) is 12.3 Å². The lowest BCUT2D eigenvalue weighted by molar-refractivity contribution is -0.135. The third kappa shape index (κ3) is 3.18. The maximum atomic E-state index is 13.1. The summed E-state index contributed by atoms with van der Waals surface area (Å²) in [5.41, 5.74) is 0.530. The van der Waals surface area contributed by atoms with E-state index in [0.717, 1.165) is 5.56 Å². The van der Waals surface area contributed by atoms with E-state index in [9.17, 15) is 19.5 Å². The molecule has 0 aliphatic rings. The number of aliphatic carboxylic acids is 1. The number of carboxylic acid groups (broad SMARTS) is 1. The number of carbonyl (C=O) groups excluding carboxylic acids is 1. The highest BCUT2D eigenvalue weighted by atomic mass is 16.4. The zero-order chi connectivity index (χ0) is 20.5. The van der Waals surface area contributed by atoms with E-state index in [1.807, 2.05) is 30.3 Å². The SMILES string of the molecule is O=C(O)CNC(=O)c1c(O)n2c3ccccc3nc2n(Cc2ccccc2)c1=O. The van der Waals surface area contributed by atoms with Crippen LogP contribution in [0.2, 0.25) is 0 Å². The summed E-state index contributed by atoms with van der Waals surface area (Å²) in [4.78, 5) is 40.9. The van der Waals surface area contributed by atoms with Crippen LogP contribution in [0.1, 0.15) is 15.9 Å². The molecular weight excluding hydrogens is 376 g/mol. The summed E-state index contributed by atoms with van der Waals surface area (Å²) in [6.45, 7) is -0.564. The number of hydrogen-bond acceptors (Lipinski definition) is 5. The molecule has 9 heteroatoms. The molecule has 0 spiro atoms. The predicted octanol–water partition coefficient (Wildman–Crippen LogP) is 1.22. The minimum Gasteiger partial charge on any atom is -0.493 e. The molecule has 2 aromatic heterocycles. The molecule has 0 radical (unpaired) electrons. The second-order valence-corrected chi connectivity index (χ2v) is 6.39. The summed E-state index contributed by atoms with van der Waals surface area (Å²) in [5, 5.41) is 21.7. The van der Waals surface area contributed by atoms with Gasteiger partial charge in [-0.05, 0) is 17.7 Å². The van der Waals surface area contributed by atoms with Crippen LogP contribution in [0, 0.1) is 0 Å². The summed E-state index contributed by atoms with van der Waals surface area (Å²) in [6, 6.07) is 16.1. The largest absolute Gasteiger partial charge is 0.493 e. The van der Waals surface area contributed by atoms with E-state index < -0.39 is 35.4 Å². The minimum atomic E-state index is -1.27. The minimum absolute atomic E-state index is 0.117. The van der Waals surface area contributed by atoms with Gasteiger partial charge in [0, 0.05) is 0 Å². The van der Waals surface area contributed by atoms with Crippen LogP contribution < -0.4 is 10.9 Å². The van der Waals surface area contributed by atoms with Crippen LogP contribution in [0.3, 0.4) is 0 Å². The second-order valence-electron chi connectivity index (χ2n) is 6.39. The third-order valence-corrected chi connectivity index (χ3v) is 4.49. The van der Waals surface area contributed by atoms with Gasteiger partial charge in [-0.2, -0.15) is 0 Å². The number of para-hydroxylation sites is 2. The Balaban J connectivity index is 2.00. The van der Waals surface area contributed by atoms with Gasteiger partial charge in [-0.3, -0.25) is 19.0 Å². The van der Waals surface area contributed by atoms with Crippen LogP contribution in [-0.4, -0.2) is 42.6 Å². The van der Waals surface area contributed by atoms with Crippen LogP contribution >= 0.6 is 0 Å². The monoisotopic (exact) mass is 392 g/mol. The van der Waals surface area contributed by atoms with Crippen molar-refractivity contribution < 1.29 is 19.8 Å². The molecule has 0 aliphatic heterocycles. The number of rotatable bonds is 5. The highest BCUT2D eigenvalue weighted by Crippen LogP contribution is 2.24. The fourth-order valence-electron chi connectivity index (χ4n) is 3.19. The molecule has 0 atom stereocenters. The highest BCUT2D eigenvalue weighted by Gasteiger charge is 2.25. The van der Waals surface area contributed by atoms with Crippen molar-refractivity contribution in [2.24, 2.45) is 0 Å². The molecule has 0 saturated carbocycles. The molecule has 2 heterocycles. The van der Waals surface area contributed by atoms with Gasteiger partial charge in [0.2, 0.25) is 11.7 Å². The van der Waals surface area contributed by atoms with Crippen molar-refractivity contribution in [2.45, 2.75) is 6.54 Å². The Bertz CT molecular complexity index is 1310. The summed E-state index contributed by atoms with van der Waals surface area (Å²) in [5.74, 6) is -2.66. The number of fused-ring (bicyclic) bond motifs is 3. The molecule has 4 rings (SSSR count). The molecule has 0 unspecified atom stereocenters. The quantitative estimate of drug-likeness (QED) is 0.469. The van der Waals surface area contributed by atoms with Crippen molar-refractivity contribution in [2.75, 3.05) is 6.54 Å². The number of carbonyl (C=O) groups is 2. The van der Waals surface area contributed by atoms with Gasteiger partial charge in [-0.15, -0.1) is 0 Å². The molecule has 9 nitrogen and oxygen atoms in total. The molecule has 146 valence electrons. The second kappa shape index (κ2) is 7.12. The lowest BCUT2D eigenvalue weighted by Crippen LogP contribution is -2.37. The molecule has 0 aliphatic carbocycles. The molecule has 0 saturated heterocycles. The van der Waals surface area contributed by atoms with Crippen LogP contribution in [0.4, 0.5) is 0 Å². The van der Waals surface area contributed by atoms with Gasteiger partial charge in [0.15, 0.2) is 5.56 Å². The zero-order valence-corrected chi connectivity index (χ0v) is 15.1. The van der Waals surface area contributed by atoms with Crippen LogP contribution in [0.15, 0.2) is 59.4 Å². The van der Waals surface area contributed by atoms with Crippen molar-refractivity contribution in [3.05, 3.63) is 76.1 Å². The van der Waals surface area contributed by atoms with E-state index in [2.05, 4.69) is 10.3 Å². The standard InChI is InChI=1S/C20H16N4O5/c25-15(26)10-21-17(27)16-18(28)23(11-12-6-2-1-3-7-12)20-22-13-8-4-5-9-14(13)24(20)19(16)29/h1-9,29H,10-11H2,(H,21,27)(H,25,26). The van der Waals surface area contributed by atoms with Gasteiger partial charge in [-0.1, -0.05) is 42.5 Å². The summed E-state index contributed by atoms with van der Waals surface area (Å²) in [7, 11) is 0. The van der Waals surface area contributed by atoms with Crippen molar-refractivity contribution >= 4 is 28.7 Å². The van der Waals surface area contributed by atoms with E-state index >= 15 is 0 Å². The maximum Gasteiger partial charge on any atom is 0.322 e. The average molecular weight is 392 g/mol. The number of carboxylic acids is 1. The van der Waals surface area contributed by atoms with Crippen molar-refractivity contribution in [1.82, 2.24) is 19.3 Å². The molecule has 1 amide bonds. The van der Waals surface area contributed by atoms with Crippen molar-refractivity contribution in [1.29, 1.82) is 0 Å². The smallest absolute Gasteiger partial charge is 0.322 e. The average Bonchev–Trinajstić information content (AvgIpc) is 3.10. The first-order valence-corrected chi connectivity index (χ1v) is 8.74. The van der Waals surface area contributed by atoms with Gasteiger partial charge < -0.3 is 15.5 Å². The predicted molar refractivity (Wildman–Crippen MR) is 104 cm³/mol. The Kier molecular flexibility index (Phi) is 4.47. The molecule has 3 N–H and O–H groups in total. The topological polar surface area (TPSA) is 126 Å². The first-order chi connectivity index (χ1) is 14.0. The molecule has 0 fully saturated rings. The summed E-state index contributed by atoms with van der Waals surface area (Å²) < 4.78 is 2.60. The number of aromatic nitrogens is 3.